The van der Waals surface area contributed by atoms with Gasteiger partial charge in [-0.15, -0.1) is 0 Å². The Morgan fingerprint density at radius 3 is 2.68 bits per heavy atom. The van der Waals surface area contributed by atoms with Gasteiger partial charge in [0.1, 0.15) is 0 Å². The first-order valence-electron chi connectivity index (χ1n) is 6.78. The number of rotatable bonds is 2. The Kier molecular flexibility index (Phi) is 3.37. The van der Waals surface area contributed by atoms with Gasteiger partial charge in [-0.1, -0.05) is 18.5 Å². The summed E-state index contributed by atoms with van der Waals surface area (Å²) in [6, 6.07) is 2.04. The average Bonchev–Trinajstić information content (AvgIpc) is 2.81. The number of pyridine rings is 1. The van der Waals surface area contributed by atoms with Crippen LogP contribution in [0, 0.1) is 0 Å². The van der Waals surface area contributed by atoms with Crippen LogP contribution in [0.3, 0.4) is 0 Å². The van der Waals surface area contributed by atoms with Crippen molar-refractivity contribution in [3.63, 3.8) is 0 Å². The van der Waals surface area contributed by atoms with Crippen LogP contribution >= 0.6 is 11.6 Å². The van der Waals surface area contributed by atoms with Crippen LogP contribution in [0.2, 0.25) is 5.02 Å². The SMILES string of the molecule is CCc1cnn2cc(N3CCN(C)CC3)c(Cl)cc12. The summed E-state index contributed by atoms with van der Waals surface area (Å²) in [5, 5.41) is 5.25. The Morgan fingerprint density at radius 1 is 1.26 bits per heavy atom. The molecule has 0 unspecified atom stereocenters. The van der Waals surface area contributed by atoms with E-state index in [1.165, 1.54) is 5.56 Å². The van der Waals surface area contributed by atoms with Crippen molar-refractivity contribution in [2.75, 3.05) is 38.1 Å². The molecule has 4 nitrogen and oxygen atoms in total. The Labute approximate surface area is 118 Å². The lowest BCUT2D eigenvalue weighted by Gasteiger charge is -2.34. The fourth-order valence-electron chi connectivity index (χ4n) is 2.59. The van der Waals surface area contributed by atoms with Crippen LogP contribution in [0.1, 0.15) is 12.5 Å². The zero-order chi connectivity index (χ0) is 13.4. The summed E-state index contributed by atoms with van der Waals surface area (Å²) >= 11 is 6.46. The molecule has 102 valence electrons. The number of hydrogen-bond acceptors (Lipinski definition) is 3. The van der Waals surface area contributed by atoms with Gasteiger partial charge in [-0.2, -0.15) is 5.10 Å². The van der Waals surface area contributed by atoms with Crippen molar-refractivity contribution >= 4 is 22.8 Å². The summed E-state index contributed by atoms with van der Waals surface area (Å²) in [6.07, 6.45) is 4.97. The normalized spacial score (nSPS) is 17.3. The number of anilines is 1. The first-order chi connectivity index (χ1) is 9.19. The summed E-state index contributed by atoms with van der Waals surface area (Å²) in [4.78, 5) is 4.68. The van der Waals surface area contributed by atoms with Gasteiger partial charge in [-0.25, -0.2) is 4.52 Å². The molecule has 2 aromatic heterocycles. The molecule has 19 heavy (non-hydrogen) atoms. The van der Waals surface area contributed by atoms with Crippen LogP contribution in [-0.2, 0) is 6.42 Å². The number of halogens is 1. The van der Waals surface area contributed by atoms with Gasteiger partial charge in [0.25, 0.3) is 0 Å². The third-order valence-electron chi connectivity index (χ3n) is 3.89. The largest absolute Gasteiger partial charge is 0.367 e. The number of nitrogens with zero attached hydrogens (tertiary/aromatic N) is 4. The predicted octanol–water partition coefficient (Wildman–Crippen LogP) is 2.30. The number of piperazine rings is 1. The Hall–Kier alpha value is -1.26. The van der Waals surface area contributed by atoms with E-state index in [1.807, 2.05) is 16.8 Å². The molecule has 5 heteroatoms. The first kappa shape index (κ1) is 12.8. The molecule has 0 atom stereocenters. The lowest BCUT2D eigenvalue weighted by molar-refractivity contribution is 0.313. The topological polar surface area (TPSA) is 23.8 Å². The van der Waals surface area contributed by atoms with E-state index in [1.54, 1.807) is 0 Å². The van der Waals surface area contributed by atoms with Crippen molar-refractivity contribution in [1.82, 2.24) is 14.5 Å². The van der Waals surface area contributed by atoms with Gasteiger partial charge < -0.3 is 9.80 Å². The van der Waals surface area contributed by atoms with Crippen molar-refractivity contribution in [2.24, 2.45) is 0 Å². The van der Waals surface area contributed by atoms with Gasteiger partial charge in [0.2, 0.25) is 0 Å². The molecule has 0 spiro atoms. The summed E-state index contributed by atoms with van der Waals surface area (Å²) < 4.78 is 1.94. The summed E-state index contributed by atoms with van der Waals surface area (Å²) in [6.45, 7) is 6.33. The van der Waals surface area contributed by atoms with Crippen molar-refractivity contribution in [2.45, 2.75) is 13.3 Å². The van der Waals surface area contributed by atoms with Crippen LogP contribution in [0.25, 0.3) is 5.52 Å². The second-order valence-corrected chi connectivity index (χ2v) is 5.56. The molecular formula is C14H19ClN4. The highest BCUT2D eigenvalue weighted by molar-refractivity contribution is 6.33. The molecule has 0 saturated carbocycles. The van der Waals surface area contributed by atoms with E-state index in [0.29, 0.717) is 0 Å². The van der Waals surface area contributed by atoms with Crippen molar-refractivity contribution in [3.8, 4) is 0 Å². The van der Waals surface area contributed by atoms with Crippen LogP contribution in [0.4, 0.5) is 5.69 Å². The molecular weight excluding hydrogens is 260 g/mol. The Morgan fingerprint density at radius 2 is 2.00 bits per heavy atom. The van der Waals surface area contributed by atoms with Crippen LogP contribution in [0.5, 0.6) is 0 Å². The number of hydrogen-bond donors (Lipinski definition) is 0. The highest BCUT2D eigenvalue weighted by Crippen LogP contribution is 2.29. The van der Waals surface area contributed by atoms with E-state index < -0.39 is 0 Å². The van der Waals surface area contributed by atoms with E-state index in [0.717, 1.165) is 48.8 Å². The van der Waals surface area contributed by atoms with Gasteiger partial charge in [0, 0.05) is 26.2 Å². The lowest BCUT2D eigenvalue weighted by atomic mass is 10.2. The highest BCUT2D eigenvalue weighted by Gasteiger charge is 2.18. The molecule has 1 saturated heterocycles. The minimum Gasteiger partial charge on any atom is -0.367 e. The van der Waals surface area contributed by atoms with E-state index >= 15 is 0 Å². The smallest absolute Gasteiger partial charge is 0.0744 e. The molecule has 0 bridgehead atoms. The average molecular weight is 279 g/mol. The molecule has 0 amide bonds. The molecule has 0 aliphatic carbocycles. The number of likely N-dealkylation sites (N-methyl/N-ethyl adjacent to an activating group) is 1. The van der Waals surface area contributed by atoms with Crippen LogP contribution < -0.4 is 4.90 Å². The minimum absolute atomic E-state index is 0.826. The lowest BCUT2D eigenvalue weighted by Crippen LogP contribution is -2.44. The monoisotopic (exact) mass is 278 g/mol. The molecule has 0 aromatic carbocycles. The minimum atomic E-state index is 0.826. The van der Waals surface area contributed by atoms with E-state index in [9.17, 15) is 0 Å². The standard InChI is InChI=1S/C14H19ClN4/c1-3-11-9-16-19-10-14(12(15)8-13(11)19)18-6-4-17(2)5-7-18/h8-10H,3-7H2,1-2H3. The molecule has 3 rings (SSSR count). The highest BCUT2D eigenvalue weighted by atomic mass is 35.5. The van der Waals surface area contributed by atoms with Crippen molar-refractivity contribution in [3.05, 3.63) is 29.0 Å². The third kappa shape index (κ3) is 2.30. The summed E-state index contributed by atoms with van der Waals surface area (Å²) in [7, 11) is 2.16. The molecule has 0 N–H and O–H groups in total. The maximum Gasteiger partial charge on any atom is 0.0744 e. The molecule has 3 heterocycles. The van der Waals surface area contributed by atoms with Crippen LogP contribution in [-0.4, -0.2) is 47.7 Å². The first-order valence-corrected chi connectivity index (χ1v) is 7.16. The Balaban J connectivity index is 1.98. The van der Waals surface area contributed by atoms with Crippen molar-refractivity contribution < 1.29 is 0 Å². The van der Waals surface area contributed by atoms with Gasteiger partial charge in [0.05, 0.1) is 28.6 Å². The number of aryl methyl sites for hydroxylation is 1. The summed E-state index contributed by atoms with van der Waals surface area (Å²) in [5.74, 6) is 0. The molecule has 0 radical (unpaired) electrons. The van der Waals surface area contributed by atoms with Gasteiger partial charge >= 0.3 is 0 Å². The quantitative estimate of drug-likeness (QED) is 0.842. The Bertz CT molecular complexity index is 584. The van der Waals surface area contributed by atoms with Gasteiger partial charge in [-0.05, 0) is 25.1 Å². The molecule has 1 aliphatic heterocycles. The molecule has 1 aliphatic rings. The fraction of sp³-hybridized carbons (Fsp3) is 0.500. The fourth-order valence-corrected chi connectivity index (χ4v) is 2.86. The van der Waals surface area contributed by atoms with Crippen molar-refractivity contribution in [1.29, 1.82) is 0 Å². The number of aromatic nitrogens is 2. The zero-order valence-electron chi connectivity index (χ0n) is 11.4. The maximum atomic E-state index is 6.46. The third-order valence-corrected chi connectivity index (χ3v) is 4.19. The van der Waals surface area contributed by atoms with Crippen LogP contribution in [0.15, 0.2) is 18.5 Å². The van der Waals surface area contributed by atoms with Gasteiger partial charge in [0.15, 0.2) is 0 Å². The van der Waals surface area contributed by atoms with E-state index in [4.69, 9.17) is 11.6 Å². The molecule has 1 fully saturated rings. The second kappa shape index (κ2) is 5.02. The van der Waals surface area contributed by atoms with E-state index in [-0.39, 0.29) is 0 Å². The summed E-state index contributed by atoms with van der Waals surface area (Å²) in [5.41, 5.74) is 3.45. The molecule has 2 aromatic rings. The maximum absolute atomic E-state index is 6.46. The van der Waals surface area contributed by atoms with E-state index in [2.05, 4.69) is 35.1 Å². The predicted molar refractivity (Wildman–Crippen MR) is 79.3 cm³/mol. The second-order valence-electron chi connectivity index (χ2n) is 5.15. The van der Waals surface area contributed by atoms with Gasteiger partial charge in [-0.3, -0.25) is 0 Å². The zero-order valence-corrected chi connectivity index (χ0v) is 12.2. The number of fused-ring (bicyclic) bond motifs is 1.